The summed E-state index contributed by atoms with van der Waals surface area (Å²) in [6.45, 7) is 14.0. The molecule has 0 aromatic heterocycles. The summed E-state index contributed by atoms with van der Waals surface area (Å²) in [7, 11) is 0. The summed E-state index contributed by atoms with van der Waals surface area (Å²) >= 11 is 0. The lowest BCUT2D eigenvalue weighted by Gasteiger charge is -2.52. The van der Waals surface area contributed by atoms with Crippen LogP contribution in [-0.2, 0) is 9.53 Å². The number of ether oxygens (including phenoxy) is 1. The Balaban J connectivity index is 1.48. The lowest BCUT2D eigenvalue weighted by atomic mass is 9.53. The number of hydrogen-bond donors (Lipinski definition) is 0. The minimum atomic E-state index is -0.114. The summed E-state index contributed by atoms with van der Waals surface area (Å²) in [6.07, 6.45) is 16.0. The number of esters is 1. The van der Waals surface area contributed by atoms with Crippen molar-refractivity contribution in [2.24, 2.45) is 46.3 Å². The van der Waals surface area contributed by atoms with E-state index in [2.05, 4.69) is 40.7 Å². The van der Waals surface area contributed by atoms with E-state index in [1.165, 1.54) is 51.4 Å². The molecule has 2 heteroatoms. The van der Waals surface area contributed by atoms with E-state index in [9.17, 15) is 4.79 Å². The number of carbonyl (C=O) groups is 1. The average molecular weight is 415 g/mol. The van der Waals surface area contributed by atoms with Crippen molar-refractivity contribution in [2.45, 2.75) is 112 Å². The van der Waals surface area contributed by atoms with Crippen LogP contribution in [0.2, 0.25) is 0 Å². The smallest absolute Gasteiger partial charge is 0.302 e. The van der Waals surface area contributed by atoms with Crippen molar-refractivity contribution in [2.75, 3.05) is 0 Å². The van der Waals surface area contributed by atoms with Crippen LogP contribution < -0.4 is 0 Å². The Labute approximate surface area is 185 Å². The first-order valence-electron chi connectivity index (χ1n) is 13.0. The Morgan fingerprint density at radius 2 is 1.83 bits per heavy atom. The van der Waals surface area contributed by atoms with Crippen LogP contribution in [0.5, 0.6) is 0 Å². The number of rotatable bonds is 6. The lowest BCUT2D eigenvalue weighted by Crippen LogP contribution is -2.45. The highest BCUT2D eigenvalue weighted by atomic mass is 16.5. The SMILES string of the molecule is CC(=O)O[C@H]1CC[C@@]2(C)C(=C[C@H]3[C@H]2CC[C@@]2(C)[C@H]3CC[C@H]2[C@H](C)CCCC(C)C)C1. The Morgan fingerprint density at radius 1 is 1.07 bits per heavy atom. The van der Waals surface area contributed by atoms with Gasteiger partial charge < -0.3 is 4.74 Å². The minimum Gasteiger partial charge on any atom is -0.462 e. The molecule has 3 fully saturated rings. The molecule has 0 amide bonds. The van der Waals surface area contributed by atoms with Gasteiger partial charge in [0, 0.05) is 13.3 Å². The molecule has 8 atom stereocenters. The minimum absolute atomic E-state index is 0.114. The second-order valence-electron chi connectivity index (χ2n) is 12.4. The van der Waals surface area contributed by atoms with Gasteiger partial charge >= 0.3 is 5.97 Å². The van der Waals surface area contributed by atoms with Crippen LogP contribution in [0.3, 0.4) is 0 Å². The predicted molar refractivity (Wildman–Crippen MR) is 124 cm³/mol. The van der Waals surface area contributed by atoms with E-state index in [0.717, 1.165) is 48.3 Å². The highest BCUT2D eigenvalue weighted by Crippen LogP contribution is 2.68. The number of hydrogen-bond acceptors (Lipinski definition) is 2. The predicted octanol–water partition coefficient (Wildman–Crippen LogP) is 7.57. The molecule has 0 heterocycles. The molecular weight excluding hydrogens is 368 g/mol. The van der Waals surface area contributed by atoms with Gasteiger partial charge in [0.05, 0.1) is 0 Å². The molecule has 0 aliphatic heterocycles. The molecule has 0 N–H and O–H groups in total. The van der Waals surface area contributed by atoms with Crippen LogP contribution in [-0.4, -0.2) is 12.1 Å². The third kappa shape index (κ3) is 3.79. The fourth-order valence-corrected chi connectivity index (χ4v) is 8.65. The van der Waals surface area contributed by atoms with Crippen LogP contribution in [0, 0.1) is 46.3 Å². The molecule has 0 unspecified atom stereocenters. The first-order valence-corrected chi connectivity index (χ1v) is 13.0. The van der Waals surface area contributed by atoms with E-state index in [1.807, 2.05) is 0 Å². The van der Waals surface area contributed by atoms with Crippen LogP contribution in [0.4, 0.5) is 0 Å². The summed E-state index contributed by atoms with van der Waals surface area (Å²) < 4.78 is 5.63. The average Bonchev–Trinajstić information content (AvgIpc) is 3.15. The summed E-state index contributed by atoms with van der Waals surface area (Å²) in [6, 6.07) is 0. The first-order chi connectivity index (χ1) is 14.1. The van der Waals surface area contributed by atoms with E-state index >= 15 is 0 Å². The summed E-state index contributed by atoms with van der Waals surface area (Å²) in [4.78, 5) is 11.5. The third-order valence-corrected chi connectivity index (χ3v) is 10.2. The topological polar surface area (TPSA) is 26.3 Å². The molecule has 0 spiro atoms. The molecular formula is C28H46O2. The number of allylic oxidation sites excluding steroid dienone is 1. The Hall–Kier alpha value is -0.790. The Kier molecular flexibility index (Phi) is 6.19. The van der Waals surface area contributed by atoms with E-state index in [-0.39, 0.29) is 12.1 Å². The van der Waals surface area contributed by atoms with Crippen molar-refractivity contribution in [3.05, 3.63) is 11.6 Å². The highest BCUT2D eigenvalue weighted by molar-refractivity contribution is 5.66. The van der Waals surface area contributed by atoms with Crippen molar-refractivity contribution in [3.63, 3.8) is 0 Å². The van der Waals surface area contributed by atoms with Crippen molar-refractivity contribution in [1.29, 1.82) is 0 Å². The van der Waals surface area contributed by atoms with Crippen LogP contribution in [0.1, 0.15) is 106 Å². The van der Waals surface area contributed by atoms with Crippen molar-refractivity contribution in [1.82, 2.24) is 0 Å². The zero-order valence-corrected chi connectivity index (χ0v) is 20.5. The molecule has 4 aliphatic carbocycles. The molecule has 0 aromatic carbocycles. The Bertz CT molecular complexity index is 678. The van der Waals surface area contributed by atoms with Gasteiger partial charge in [-0.25, -0.2) is 0 Å². The monoisotopic (exact) mass is 414 g/mol. The normalized spacial score (nSPS) is 43.6. The van der Waals surface area contributed by atoms with Gasteiger partial charge in [-0.05, 0) is 84.9 Å². The van der Waals surface area contributed by atoms with Crippen molar-refractivity contribution < 1.29 is 9.53 Å². The second-order valence-corrected chi connectivity index (χ2v) is 12.4. The van der Waals surface area contributed by atoms with E-state index < -0.39 is 0 Å². The first kappa shape index (κ1) is 22.4. The molecule has 0 bridgehead atoms. The highest BCUT2D eigenvalue weighted by Gasteiger charge is 2.60. The number of fused-ring (bicyclic) bond motifs is 5. The van der Waals surface area contributed by atoms with Gasteiger partial charge in [0.1, 0.15) is 6.10 Å². The van der Waals surface area contributed by atoms with Crippen LogP contribution in [0.25, 0.3) is 0 Å². The zero-order valence-electron chi connectivity index (χ0n) is 20.5. The molecule has 0 aromatic rings. The Morgan fingerprint density at radius 3 is 2.53 bits per heavy atom. The molecule has 0 saturated heterocycles. The molecule has 4 rings (SSSR count). The van der Waals surface area contributed by atoms with Gasteiger partial charge in [-0.3, -0.25) is 4.79 Å². The van der Waals surface area contributed by atoms with E-state index in [4.69, 9.17) is 4.74 Å². The molecule has 2 nitrogen and oxygen atoms in total. The van der Waals surface area contributed by atoms with Gasteiger partial charge in [-0.1, -0.05) is 65.5 Å². The fourth-order valence-electron chi connectivity index (χ4n) is 8.65. The summed E-state index contributed by atoms with van der Waals surface area (Å²) in [5.74, 6) is 4.98. The largest absolute Gasteiger partial charge is 0.462 e. The standard InChI is InChI=1S/C28H46O2/c1-18(2)8-7-9-19(3)24-10-11-25-23-17-21-16-22(30-20(4)29)12-14-27(21,5)26(23)13-15-28(24,25)6/h17-19,22-26H,7-16H2,1-6H3/t19-,22+,23-,24+,25+,26-,27+,28-/m1/s1. The molecule has 170 valence electrons. The van der Waals surface area contributed by atoms with Gasteiger partial charge in [0.15, 0.2) is 0 Å². The number of carbonyl (C=O) groups excluding carboxylic acids is 1. The molecule has 30 heavy (non-hydrogen) atoms. The third-order valence-electron chi connectivity index (χ3n) is 10.2. The van der Waals surface area contributed by atoms with Crippen LogP contribution in [0.15, 0.2) is 11.6 Å². The van der Waals surface area contributed by atoms with Crippen molar-refractivity contribution in [3.8, 4) is 0 Å². The van der Waals surface area contributed by atoms with E-state index in [1.54, 1.807) is 12.5 Å². The maximum atomic E-state index is 11.5. The second kappa shape index (κ2) is 8.28. The fraction of sp³-hybridized carbons (Fsp3) is 0.893. The van der Waals surface area contributed by atoms with Crippen LogP contribution >= 0.6 is 0 Å². The molecule has 0 radical (unpaired) electrons. The van der Waals surface area contributed by atoms with Gasteiger partial charge in [0.2, 0.25) is 0 Å². The van der Waals surface area contributed by atoms with Crippen molar-refractivity contribution >= 4 is 5.97 Å². The lowest BCUT2D eigenvalue weighted by molar-refractivity contribution is -0.148. The van der Waals surface area contributed by atoms with Gasteiger partial charge in [-0.15, -0.1) is 0 Å². The van der Waals surface area contributed by atoms with E-state index in [0.29, 0.717) is 10.8 Å². The zero-order chi connectivity index (χ0) is 21.7. The quantitative estimate of drug-likeness (QED) is 0.331. The van der Waals surface area contributed by atoms with Gasteiger partial charge in [-0.2, -0.15) is 0 Å². The van der Waals surface area contributed by atoms with Gasteiger partial charge in [0.25, 0.3) is 0 Å². The maximum Gasteiger partial charge on any atom is 0.302 e. The summed E-state index contributed by atoms with van der Waals surface area (Å²) in [5, 5.41) is 0. The maximum absolute atomic E-state index is 11.5. The summed E-state index contributed by atoms with van der Waals surface area (Å²) in [5.41, 5.74) is 2.53. The molecule has 3 saturated carbocycles. The molecule has 4 aliphatic rings.